The van der Waals surface area contributed by atoms with Gasteiger partial charge in [0.1, 0.15) is 11.1 Å². The summed E-state index contributed by atoms with van der Waals surface area (Å²) in [7, 11) is 0. The predicted molar refractivity (Wildman–Crippen MR) is 59.7 cm³/mol. The number of nitrogens with zero attached hydrogens (tertiary/aromatic N) is 2. The second-order valence-electron chi connectivity index (χ2n) is 3.36. The van der Waals surface area contributed by atoms with Gasteiger partial charge in [-0.1, -0.05) is 0 Å². The zero-order chi connectivity index (χ0) is 12.0. The molecule has 86 valence electrons. The van der Waals surface area contributed by atoms with Crippen molar-refractivity contribution in [1.82, 2.24) is 4.90 Å². The highest BCUT2D eigenvalue weighted by atomic mass is 35.5. The molecule has 4 nitrogen and oxygen atoms in total. The Bertz CT molecular complexity index is 368. The monoisotopic (exact) mass is 240 g/mol. The van der Waals surface area contributed by atoms with Crippen molar-refractivity contribution in [1.29, 1.82) is 5.26 Å². The van der Waals surface area contributed by atoms with E-state index in [4.69, 9.17) is 21.3 Å². The van der Waals surface area contributed by atoms with Crippen molar-refractivity contribution < 1.29 is 9.21 Å². The SMILES string of the molecule is CC(Cl)C(=O)N(CCC#N)Cc1ccco1. The summed E-state index contributed by atoms with van der Waals surface area (Å²) in [5.41, 5.74) is 0. The van der Waals surface area contributed by atoms with E-state index in [1.807, 2.05) is 6.07 Å². The van der Waals surface area contributed by atoms with Gasteiger partial charge in [-0.15, -0.1) is 11.6 Å². The highest BCUT2D eigenvalue weighted by molar-refractivity contribution is 6.30. The standard InChI is InChI=1S/C11H13ClN2O2/c1-9(12)11(15)14(6-3-5-13)8-10-4-2-7-16-10/h2,4,7,9H,3,6,8H2,1H3. The summed E-state index contributed by atoms with van der Waals surface area (Å²) in [6, 6.07) is 5.54. The van der Waals surface area contributed by atoms with Gasteiger partial charge < -0.3 is 9.32 Å². The molecule has 1 unspecified atom stereocenters. The second kappa shape index (κ2) is 6.19. The minimum Gasteiger partial charge on any atom is -0.467 e. The van der Waals surface area contributed by atoms with Crippen molar-refractivity contribution in [3.8, 4) is 6.07 Å². The highest BCUT2D eigenvalue weighted by Gasteiger charge is 2.19. The van der Waals surface area contributed by atoms with Crippen LogP contribution in [0.25, 0.3) is 0 Å². The normalized spacial score (nSPS) is 11.8. The van der Waals surface area contributed by atoms with E-state index in [2.05, 4.69) is 0 Å². The van der Waals surface area contributed by atoms with Gasteiger partial charge in [0, 0.05) is 6.54 Å². The Morgan fingerprint density at radius 2 is 2.50 bits per heavy atom. The van der Waals surface area contributed by atoms with Gasteiger partial charge in [0.05, 0.1) is 25.3 Å². The fourth-order valence-electron chi connectivity index (χ4n) is 1.29. The summed E-state index contributed by atoms with van der Waals surface area (Å²) in [6.45, 7) is 2.34. The molecule has 0 saturated carbocycles. The number of furan rings is 1. The molecule has 0 fully saturated rings. The molecule has 0 N–H and O–H groups in total. The quantitative estimate of drug-likeness (QED) is 0.741. The van der Waals surface area contributed by atoms with Crippen LogP contribution < -0.4 is 0 Å². The van der Waals surface area contributed by atoms with Gasteiger partial charge in [-0.3, -0.25) is 4.79 Å². The van der Waals surface area contributed by atoms with Crippen molar-refractivity contribution in [3.63, 3.8) is 0 Å². The van der Waals surface area contributed by atoms with Gasteiger partial charge in [-0.05, 0) is 19.1 Å². The maximum Gasteiger partial charge on any atom is 0.240 e. The van der Waals surface area contributed by atoms with Crippen LogP contribution in [-0.4, -0.2) is 22.7 Å². The first kappa shape index (κ1) is 12.6. The molecule has 0 bridgehead atoms. The number of amides is 1. The van der Waals surface area contributed by atoms with Crippen molar-refractivity contribution in [2.75, 3.05) is 6.54 Å². The summed E-state index contributed by atoms with van der Waals surface area (Å²) in [5.74, 6) is 0.497. The molecule has 1 amide bonds. The van der Waals surface area contributed by atoms with E-state index in [1.165, 1.54) is 4.90 Å². The van der Waals surface area contributed by atoms with Gasteiger partial charge in [0.25, 0.3) is 0 Å². The molecule has 0 radical (unpaired) electrons. The Morgan fingerprint density at radius 1 is 1.75 bits per heavy atom. The maximum atomic E-state index is 11.7. The zero-order valence-corrected chi connectivity index (χ0v) is 9.78. The zero-order valence-electron chi connectivity index (χ0n) is 9.02. The molecule has 0 aliphatic rings. The smallest absolute Gasteiger partial charge is 0.240 e. The van der Waals surface area contributed by atoms with Gasteiger partial charge in [0.2, 0.25) is 5.91 Å². The first-order valence-corrected chi connectivity index (χ1v) is 5.41. The van der Waals surface area contributed by atoms with Gasteiger partial charge >= 0.3 is 0 Å². The molecule has 1 aromatic rings. The van der Waals surface area contributed by atoms with E-state index >= 15 is 0 Å². The number of alkyl halides is 1. The number of hydrogen-bond acceptors (Lipinski definition) is 3. The van der Waals surface area contributed by atoms with Crippen molar-refractivity contribution in [2.45, 2.75) is 25.3 Å². The third-order valence-corrected chi connectivity index (χ3v) is 2.26. The second-order valence-corrected chi connectivity index (χ2v) is 4.02. The van der Waals surface area contributed by atoms with Crippen molar-refractivity contribution in [3.05, 3.63) is 24.2 Å². The third kappa shape index (κ3) is 3.59. The molecule has 1 rings (SSSR count). The van der Waals surface area contributed by atoms with E-state index in [9.17, 15) is 4.79 Å². The summed E-state index contributed by atoms with van der Waals surface area (Å²) in [6.07, 6.45) is 1.84. The van der Waals surface area contributed by atoms with E-state index in [1.54, 1.807) is 25.3 Å². The maximum absolute atomic E-state index is 11.7. The molecule has 1 aromatic heterocycles. The van der Waals surface area contributed by atoms with Crippen LogP contribution in [0.3, 0.4) is 0 Å². The van der Waals surface area contributed by atoms with Crippen LogP contribution in [0.2, 0.25) is 0 Å². The minimum atomic E-state index is -0.589. The van der Waals surface area contributed by atoms with Gasteiger partial charge in [-0.2, -0.15) is 5.26 Å². The lowest BCUT2D eigenvalue weighted by Gasteiger charge is -2.21. The van der Waals surface area contributed by atoms with Crippen molar-refractivity contribution in [2.24, 2.45) is 0 Å². The Morgan fingerprint density at radius 3 is 3.00 bits per heavy atom. The molecular formula is C11H13ClN2O2. The van der Waals surface area contributed by atoms with E-state index in [0.29, 0.717) is 18.8 Å². The van der Waals surface area contributed by atoms with Crippen LogP contribution in [0.4, 0.5) is 0 Å². The largest absolute Gasteiger partial charge is 0.467 e. The van der Waals surface area contributed by atoms with Gasteiger partial charge in [0.15, 0.2) is 0 Å². The average Bonchev–Trinajstić information content (AvgIpc) is 2.75. The molecule has 0 aliphatic carbocycles. The fourth-order valence-corrected chi connectivity index (χ4v) is 1.43. The highest BCUT2D eigenvalue weighted by Crippen LogP contribution is 2.09. The Labute approximate surface area is 99.4 Å². The Balaban J connectivity index is 2.64. The van der Waals surface area contributed by atoms with Crippen LogP contribution in [0.5, 0.6) is 0 Å². The number of halogens is 1. The van der Waals surface area contributed by atoms with Crippen molar-refractivity contribution >= 4 is 17.5 Å². The van der Waals surface area contributed by atoms with Crippen LogP contribution in [-0.2, 0) is 11.3 Å². The molecule has 0 aliphatic heterocycles. The summed E-state index contributed by atoms with van der Waals surface area (Å²) >= 11 is 5.74. The topological polar surface area (TPSA) is 57.2 Å². The van der Waals surface area contributed by atoms with Crippen LogP contribution in [0.1, 0.15) is 19.1 Å². The molecular weight excluding hydrogens is 228 g/mol. The fraction of sp³-hybridized carbons (Fsp3) is 0.455. The molecule has 0 aromatic carbocycles. The lowest BCUT2D eigenvalue weighted by molar-refractivity contribution is -0.131. The predicted octanol–water partition coefficient (Wildman–Crippen LogP) is 2.15. The van der Waals surface area contributed by atoms with Crippen LogP contribution in [0.15, 0.2) is 22.8 Å². The number of rotatable bonds is 5. The molecule has 16 heavy (non-hydrogen) atoms. The molecule has 0 saturated heterocycles. The number of hydrogen-bond donors (Lipinski definition) is 0. The lowest BCUT2D eigenvalue weighted by atomic mass is 10.3. The molecule has 0 spiro atoms. The molecule has 1 heterocycles. The number of carbonyl (C=O) groups excluding carboxylic acids is 1. The van der Waals surface area contributed by atoms with E-state index in [0.717, 1.165) is 0 Å². The molecule has 1 atom stereocenters. The van der Waals surface area contributed by atoms with E-state index < -0.39 is 5.38 Å². The summed E-state index contributed by atoms with van der Waals surface area (Å²) < 4.78 is 5.15. The number of nitriles is 1. The third-order valence-electron chi connectivity index (χ3n) is 2.07. The van der Waals surface area contributed by atoms with Crippen LogP contribution >= 0.6 is 11.6 Å². The minimum absolute atomic E-state index is 0.187. The van der Waals surface area contributed by atoms with Crippen LogP contribution in [0, 0.1) is 11.3 Å². The lowest BCUT2D eigenvalue weighted by Crippen LogP contribution is -2.35. The molecule has 5 heteroatoms. The first-order chi connectivity index (χ1) is 7.65. The Hall–Kier alpha value is -1.47. The van der Waals surface area contributed by atoms with Gasteiger partial charge in [-0.25, -0.2) is 0 Å². The first-order valence-electron chi connectivity index (χ1n) is 4.97. The average molecular weight is 241 g/mol. The summed E-state index contributed by atoms with van der Waals surface area (Å²) in [5, 5.41) is 7.93. The summed E-state index contributed by atoms with van der Waals surface area (Å²) in [4.78, 5) is 13.2. The number of carbonyl (C=O) groups is 1. The Kier molecular flexibility index (Phi) is 4.87. The van der Waals surface area contributed by atoms with E-state index in [-0.39, 0.29) is 12.3 Å².